The Balaban J connectivity index is 2.32. The summed E-state index contributed by atoms with van der Waals surface area (Å²) in [6.07, 6.45) is 5.66. The van der Waals surface area contributed by atoms with Gasteiger partial charge in [-0.15, -0.1) is 0 Å². The summed E-state index contributed by atoms with van der Waals surface area (Å²) in [6, 6.07) is 0.393. The lowest BCUT2D eigenvalue weighted by molar-refractivity contribution is -0.910. The van der Waals surface area contributed by atoms with Gasteiger partial charge in [0.2, 0.25) is 0 Å². The second kappa shape index (κ2) is 6.58. The van der Waals surface area contributed by atoms with Crippen molar-refractivity contribution < 1.29 is 19.2 Å². The number of carbonyl (C=O) groups is 1. The Morgan fingerprint density at radius 1 is 1.40 bits per heavy atom. The fourth-order valence-corrected chi connectivity index (χ4v) is 1.89. The molecule has 0 amide bonds. The fourth-order valence-electron chi connectivity index (χ4n) is 1.89. The van der Waals surface area contributed by atoms with Crippen LogP contribution in [0, 0.1) is 0 Å². The molecule has 4 heteroatoms. The number of nitrogens with one attached hydrogen (secondary N) is 1. The Labute approximate surface area is 90.8 Å². The minimum atomic E-state index is -0.136. The molecule has 0 radical (unpaired) electrons. The van der Waals surface area contributed by atoms with E-state index in [0.29, 0.717) is 19.1 Å². The van der Waals surface area contributed by atoms with E-state index in [1.54, 1.807) is 7.11 Å². The standard InChI is InChI=1S/C11H19NO3/c1-14-9-10(5-6-11(13)15-2)12-7-3-4-8-12/h3-4,10H,5-9H2,1-2H3/p+1/t10-/m1/s1. The highest BCUT2D eigenvalue weighted by molar-refractivity contribution is 5.69. The van der Waals surface area contributed by atoms with Crippen LogP contribution in [0.25, 0.3) is 0 Å². The number of esters is 1. The highest BCUT2D eigenvalue weighted by atomic mass is 16.5. The van der Waals surface area contributed by atoms with Crippen LogP contribution in [0.1, 0.15) is 12.8 Å². The Bertz CT molecular complexity index is 220. The first-order chi connectivity index (χ1) is 7.27. The summed E-state index contributed by atoms with van der Waals surface area (Å²) in [4.78, 5) is 12.5. The van der Waals surface area contributed by atoms with Crippen molar-refractivity contribution in [3.8, 4) is 0 Å². The van der Waals surface area contributed by atoms with Crippen LogP contribution in [0.5, 0.6) is 0 Å². The summed E-state index contributed by atoms with van der Waals surface area (Å²) >= 11 is 0. The van der Waals surface area contributed by atoms with Gasteiger partial charge in [0.15, 0.2) is 0 Å². The van der Waals surface area contributed by atoms with Crippen LogP contribution in [0.15, 0.2) is 12.2 Å². The second-order valence-corrected chi connectivity index (χ2v) is 3.80. The molecule has 0 spiro atoms. The molecule has 1 atom stereocenters. The van der Waals surface area contributed by atoms with Crippen LogP contribution in [0.4, 0.5) is 0 Å². The van der Waals surface area contributed by atoms with Crippen molar-refractivity contribution in [2.75, 3.05) is 33.9 Å². The van der Waals surface area contributed by atoms with Crippen LogP contribution in [0.2, 0.25) is 0 Å². The van der Waals surface area contributed by atoms with Crippen LogP contribution < -0.4 is 4.90 Å². The molecule has 0 fully saturated rings. The normalized spacial score (nSPS) is 18.0. The maximum atomic E-state index is 11.0. The fraction of sp³-hybridized carbons (Fsp3) is 0.727. The molecule has 0 aliphatic carbocycles. The van der Waals surface area contributed by atoms with Gasteiger partial charge in [-0.3, -0.25) is 4.79 Å². The van der Waals surface area contributed by atoms with Crippen molar-refractivity contribution in [2.24, 2.45) is 0 Å². The summed E-state index contributed by atoms with van der Waals surface area (Å²) in [6.45, 7) is 2.78. The summed E-state index contributed by atoms with van der Waals surface area (Å²) in [5.74, 6) is -0.136. The molecule has 0 aromatic heterocycles. The number of methoxy groups -OCH3 is 2. The average Bonchev–Trinajstić information content (AvgIpc) is 2.76. The quantitative estimate of drug-likeness (QED) is 0.474. The first kappa shape index (κ1) is 12.2. The van der Waals surface area contributed by atoms with Crippen LogP contribution in [0.3, 0.4) is 0 Å². The summed E-state index contributed by atoms with van der Waals surface area (Å²) in [7, 11) is 3.13. The predicted molar refractivity (Wildman–Crippen MR) is 56.8 cm³/mol. The maximum absolute atomic E-state index is 11.0. The SMILES string of the molecule is COC[C@@H](CCC(=O)OC)[NH+]1CC=CC1. The van der Waals surface area contributed by atoms with Gasteiger partial charge in [-0.05, 0) is 12.2 Å². The van der Waals surface area contributed by atoms with E-state index < -0.39 is 0 Å². The van der Waals surface area contributed by atoms with E-state index in [2.05, 4.69) is 16.9 Å². The Morgan fingerprint density at radius 3 is 2.60 bits per heavy atom. The average molecular weight is 214 g/mol. The molecule has 1 heterocycles. The number of hydrogen-bond donors (Lipinski definition) is 1. The molecule has 86 valence electrons. The summed E-state index contributed by atoms with van der Waals surface area (Å²) in [5.41, 5.74) is 0. The third-order valence-electron chi connectivity index (χ3n) is 2.80. The maximum Gasteiger partial charge on any atom is 0.305 e. The number of carbonyl (C=O) groups excluding carboxylic acids is 1. The van der Waals surface area contributed by atoms with Crippen molar-refractivity contribution in [1.82, 2.24) is 0 Å². The van der Waals surface area contributed by atoms with Crippen LogP contribution >= 0.6 is 0 Å². The van der Waals surface area contributed by atoms with E-state index in [0.717, 1.165) is 19.5 Å². The summed E-state index contributed by atoms with van der Waals surface area (Å²) < 4.78 is 9.82. The lowest BCUT2D eigenvalue weighted by Gasteiger charge is -2.23. The van der Waals surface area contributed by atoms with Gasteiger partial charge >= 0.3 is 5.97 Å². The molecule has 1 aliphatic heterocycles. The number of quaternary nitrogens is 1. The van der Waals surface area contributed by atoms with Gasteiger partial charge in [0.05, 0.1) is 33.2 Å². The molecule has 0 aromatic carbocycles. The zero-order chi connectivity index (χ0) is 11.1. The molecule has 1 N–H and O–H groups in total. The number of rotatable bonds is 6. The van der Waals surface area contributed by atoms with Crippen LogP contribution in [-0.2, 0) is 14.3 Å². The second-order valence-electron chi connectivity index (χ2n) is 3.80. The first-order valence-corrected chi connectivity index (χ1v) is 5.33. The first-order valence-electron chi connectivity index (χ1n) is 5.33. The monoisotopic (exact) mass is 214 g/mol. The van der Waals surface area contributed by atoms with Gasteiger partial charge < -0.3 is 14.4 Å². The minimum absolute atomic E-state index is 0.136. The lowest BCUT2D eigenvalue weighted by atomic mass is 10.1. The van der Waals surface area contributed by atoms with Gasteiger partial charge in [0.1, 0.15) is 6.04 Å². The van der Waals surface area contributed by atoms with Crippen molar-refractivity contribution in [2.45, 2.75) is 18.9 Å². The zero-order valence-electron chi connectivity index (χ0n) is 9.49. The van der Waals surface area contributed by atoms with E-state index >= 15 is 0 Å². The smallest absolute Gasteiger partial charge is 0.305 e. The van der Waals surface area contributed by atoms with Crippen molar-refractivity contribution in [3.05, 3.63) is 12.2 Å². The minimum Gasteiger partial charge on any atom is -0.469 e. The van der Waals surface area contributed by atoms with E-state index in [1.807, 2.05) is 0 Å². The predicted octanol–water partition coefficient (Wildman–Crippen LogP) is -0.591. The van der Waals surface area contributed by atoms with Gasteiger partial charge in [-0.2, -0.15) is 0 Å². The third-order valence-corrected chi connectivity index (χ3v) is 2.80. The molecule has 4 nitrogen and oxygen atoms in total. The van der Waals surface area contributed by atoms with Crippen molar-refractivity contribution in [3.63, 3.8) is 0 Å². The topological polar surface area (TPSA) is 40.0 Å². The highest BCUT2D eigenvalue weighted by Gasteiger charge is 2.23. The highest BCUT2D eigenvalue weighted by Crippen LogP contribution is 1.98. The van der Waals surface area contributed by atoms with Gasteiger partial charge in [0, 0.05) is 13.5 Å². The van der Waals surface area contributed by atoms with E-state index in [-0.39, 0.29) is 5.97 Å². The number of hydrogen-bond acceptors (Lipinski definition) is 3. The Hall–Kier alpha value is -0.870. The van der Waals surface area contributed by atoms with E-state index in [9.17, 15) is 4.79 Å². The molecule has 0 unspecified atom stereocenters. The lowest BCUT2D eigenvalue weighted by Crippen LogP contribution is -3.14. The molecule has 0 bridgehead atoms. The van der Waals surface area contributed by atoms with Crippen molar-refractivity contribution in [1.29, 1.82) is 0 Å². The Kier molecular flexibility index (Phi) is 5.36. The molecule has 15 heavy (non-hydrogen) atoms. The Morgan fingerprint density at radius 2 is 2.07 bits per heavy atom. The molecule has 1 aliphatic rings. The zero-order valence-corrected chi connectivity index (χ0v) is 9.49. The molecule has 0 saturated carbocycles. The van der Waals surface area contributed by atoms with E-state index in [4.69, 9.17) is 4.74 Å². The molecule has 0 aromatic rings. The van der Waals surface area contributed by atoms with Gasteiger partial charge in [-0.1, -0.05) is 0 Å². The number of ether oxygens (including phenoxy) is 2. The largest absolute Gasteiger partial charge is 0.469 e. The molecule has 0 saturated heterocycles. The molecular formula is C11H20NO3+. The third kappa shape index (κ3) is 4.01. The molecule has 1 rings (SSSR count). The summed E-state index contributed by atoms with van der Waals surface area (Å²) in [5, 5.41) is 0. The van der Waals surface area contributed by atoms with Gasteiger partial charge in [0.25, 0.3) is 0 Å². The van der Waals surface area contributed by atoms with Crippen molar-refractivity contribution >= 4 is 5.97 Å². The van der Waals surface area contributed by atoms with Crippen LogP contribution in [-0.4, -0.2) is 45.9 Å². The van der Waals surface area contributed by atoms with E-state index in [1.165, 1.54) is 12.0 Å². The molecular weight excluding hydrogens is 194 g/mol. The van der Waals surface area contributed by atoms with Gasteiger partial charge in [-0.25, -0.2) is 0 Å².